The summed E-state index contributed by atoms with van der Waals surface area (Å²) in [6.07, 6.45) is -0.765. The average molecular weight is 740 g/mol. The van der Waals surface area contributed by atoms with Crippen molar-refractivity contribution in [3.63, 3.8) is 0 Å². The van der Waals surface area contributed by atoms with Crippen LogP contribution in [0.3, 0.4) is 0 Å². The van der Waals surface area contributed by atoms with Gasteiger partial charge in [-0.2, -0.15) is 0 Å². The lowest BCUT2D eigenvalue weighted by Gasteiger charge is -2.32. The van der Waals surface area contributed by atoms with Crippen molar-refractivity contribution in [2.45, 2.75) is 78.2 Å². The minimum Gasteiger partial charge on any atom is -0.447 e. The first-order valence-electron chi connectivity index (χ1n) is 18.1. The number of aromatic nitrogens is 2. The van der Waals surface area contributed by atoms with Crippen LogP contribution in [0.2, 0.25) is 0 Å². The summed E-state index contributed by atoms with van der Waals surface area (Å²) in [4.78, 5) is 71.6. The van der Waals surface area contributed by atoms with Crippen LogP contribution >= 0.6 is 0 Å². The van der Waals surface area contributed by atoms with E-state index in [-0.39, 0.29) is 50.0 Å². The number of benzene rings is 2. The second-order valence-corrected chi connectivity index (χ2v) is 13.9. The number of ether oxygens (including phenoxy) is 3. The monoisotopic (exact) mass is 739 g/mol. The number of likely N-dealkylation sites (N-methyl/N-ethyl adjacent to an activating group) is 2. The molecule has 1 aliphatic carbocycles. The van der Waals surface area contributed by atoms with E-state index in [9.17, 15) is 29.1 Å². The molecule has 0 fully saturated rings. The van der Waals surface area contributed by atoms with Crippen molar-refractivity contribution < 1.29 is 38.5 Å². The van der Waals surface area contributed by atoms with Crippen molar-refractivity contribution in [3.05, 3.63) is 86.7 Å². The Balaban J connectivity index is 1.08. The summed E-state index contributed by atoms with van der Waals surface area (Å²) >= 11 is 0. The number of nitrogens with one attached hydrogen (secondary N) is 1. The Morgan fingerprint density at radius 2 is 1.67 bits per heavy atom. The number of carbonyl (C=O) groups excluding carboxylic acids is 4. The Hall–Kier alpha value is -5.76. The molecule has 0 unspecified atom stereocenters. The Morgan fingerprint density at radius 3 is 2.33 bits per heavy atom. The fourth-order valence-corrected chi connectivity index (χ4v) is 6.95. The van der Waals surface area contributed by atoms with Crippen molar-refractivity contribution in [2.75, 3.05) is 32.5 Å². The maximum absolute atomic E-state index is 13.7. The molecule has 0 spiro atoms. The number of pyridine rings is 2. The largest absolute Gasteiger partial charge is 0.447 e. The number of aryl methyl sites for hydroxylation is 1. The molecule has 3 heterocycles. The minimum atomic E-state index is -1.69. The second-order valence-electron chi connectivity index (χ2n) is 13.9. The molecule has 6 rings (SSSR count). The van der Waals surface area contributed by atoms with Crippen LogP contribution in [0.15, 0.2) is 53.3 Å². The van der Waals surface area contributed by atoms with Crippen molar-refractivity contribution in [2.24, 2.45) is 0 Å². The molecule has 4 aromatic rings. The quantitative estimate of drug-likeness (QED) is 0.180. The predicted octanol–water partition coefficient (Wildman–Crippen LogP) is 5.76. The number of nitrogens with zero attached hydrogens (tertiary/aromatic N) is 4. The van der Waals surface area contributed by atoms with Crippen molar-refractivity contribution in [1.82, 2.24) is 19.4 Å². The van der Waals surface area contributed by atoms with Gasteiger partial charge < -0.3 is 33.7 Å². The molecule has 14 nitrogen and oxygen atoms in total. The van der Waals surface area contributed by atoms with Crippen LogP contribution in [0, 0.1) is 0 Å². The first-order chi connectivity index (χ1) is 25.7. The third kappa shape index (κ3) is 7.38. The van der Waals surface area contributed by atoms with E-state index in [1.807, 2.05) is 6.92 Å². The smallest absolute Gasteiger partial charge is 0.415 e. The fraction of sp³-hybridized carbons (Fsp3) is 0.400. The molecule has 0 saturated carbocycles. The van der Waals surface area contributed by atoms with Crippen LogP contribution in [-0.2, 0) is 45.9 Å². The van der Waals surface area contributed by atoms with Gasteiger partial charge in [0.15, 0.2) is 5.78 Å². The van der Waals surface area contributed by atoms with Crippen LogP contribution in [0.4, 0.5) is 20.1 Å². The number of anilines is 1. The van der Waals surface area contributed by atoms with E-state index in [1.54, 1.807) is 88.0 Å². The number of rotatable bonds is 10. The van der Waals surface area contributed by atoms with E-state index in [0.717, 1.165) is 22.1 Å². The van der Waals surface area contributed by atoms with Gasteiger partial charge in [0.05, 0.1) is 29.6 Å². The zero-order valence-electron chi connectivity index (χ0n) is 31.4. The van der Waals surface area contributed by atoms with Crippen molar-refractivity contribution in [1.29, 1.82) is 0 Å². The summed E-state index contributed by atoms with van der Waals surface area (Å²) < 4.78 is 17.9. The zero-order chi connectivity index (χ0) is 38.9. The number of Topliss-reactive ketones (excluding diaryl/α,β-unsaturated/α-hetero) is 1. The summed E-state index contributed by atoms with van der Waals surface area (Å²) in [6.45, 7) is 7.96. The molecule has 1 aliphatic heterocycles. The van der Waals surface area contributed by atoms with Gasteiger partial charge in [0.25, 0.3) is 5.56 Å². The van der Waals surface area contributed by atoms with E-state index in [0.29, 0.717) is 58.9 Å². The molecule has 2 aromatic heterocycles. The number of aliphatic hydroxyl groups is 1. The number of fused-ring (bicyclic) bond motifs is 5. The molecular weight excluding hydrogens is 694 g/mol. The lowest BCUT2D eigenvalue weighted by Crippen LogP contribution is -2.43. The second kappa shape index (κ2) is 15.3. The molecule has 14 heteroatoms. The zero-order valence-corrected chi connectivity index (χ0v) is 31.4. The number of hydrogen-bond donors (Lipinski definition) is 2. The Morgan fingerprint density at radius 1 is 0.963 bits per heavy atom. The van der Waals surface area contributed by atoms with Gasteiger partial charge in [-0.1, -0.05) is 26.0 Å². The number of amides is 3. The molecule has 2 aliphatic rings. The van der Waals surface area contributed by atoms with Gasteiger partial charge in [0.1, 0.15) is 18.0 Å². The summed E-state index contributed by atoms with van der Waals surface area (Å²) in [5.74, 6) is 0.0382. The maximum atomic E-state index is 13.7. The van der Waals surface area contributed by atoms with E-state index in [2.05, 4.69) is 5.32 Å². The van der Waals surface area contributed by atoms with Gasteiger partial charge >= 0.3 is 18.3 Å². The normalized spacial score (nSPS) is 15.7. The highest BCUT2D eigenvalue weighted by molar-refractivity contribution is 5.92. The lowest BCUT2D eigenvalue weighted by atomic mass is 9.77. The van der Waals surface area contributed by atoms with E-state index >= 15 is 0 Å². The SMILES string of the molecule is CCc1c2c(nc3ccc(OC(=O)N(C)CCN(C)C(=O)OCc4ccc(NC(=O)OC(C)C)cc4)cc13)-c1cc3c(c(=O)n1C2)CCC(=O)[C@]3(O)CC. The van der Waals surface area contributed by atoms with Gasteiger partial charge in [-0.05, 0) is 80.6 Å². The highest BCUT2D eigenvalue weighted by Gasteiger charge is 2.43. The first-order valence-corrected chi connectivity index (χ1v) is 18.1. The van der Waals surface area contributed by atoms with E-state index in [4.69, 9.17) is 19.2 Å². The van der Waals surface area contributed by atoms with Gasteiger partial charge in [0.2, 0.25) is 0 Å². The number of ketones is 1. The van der Waals surface area contributed by atoms with Crippen molar-refractivity contribution in [3.8, 4) is 17.1 Å². The summed E-state index contributed by atoms with van der Waals surface area (Å²) in [5, 5.41) is 14.7. The molecule has 2 aromatic carbocycles. The van der Waals surface area contributed by atoms with Crippen LogP contribution in [-0.4, -0.2) is 81.8 Å². The van der Waals surface area contributed by atoms with Gasteiger partial charge in [-0.25, -0.2) is 19.4 Å². The van der Waals surface area contributed by atoms with Crippen LogP contribution < -0.4 is 15.6 Å². The average Bonchev–Trinajstić information content (AvgIpc) is 3.52. The van der Waals surface area contributed by atoms with Gasteiger partial charge in [-0.15, -0.1) is 0 Å². The third-order valence-electron chi connectivity index (χ3n) is 10.0. The van der Waals surface area contributed by atoms with Crippen LogP contribution in [0.1, 0.15) is 68.4 Å². The minimum absolute atomic E-state index is 0.0195. The third-order valence-corrected chi connectivity index (χ3v) is 10.0. The summed E-state index contributed by atoms with van der Waals surface area (Å²) in [6, 6.07) is 13.8. The molecule has 0 saturated heterocycles. The topological polar surface area (TPSA) is 170 Å². The molecule has 54 heavy (non-hydrogen) atoms. The number of hydrogen-bond acceptors (Lipinski definition) is 10. The molecule has 1 atom stereocenters. The maximum Gasteiger partial charge on any atom is 0.415 e. The van der Waals surface area contributed by atoms with Gasteiger partial charge in [-0.3, -0.25) is 14.9 Å². The van der Waals surface area contributed by atoms with Gasteiger partial charge in [0, 0.05) is 61.4 Å². The predicted molar refractivity (Wildman–Crippen MR) is 201 cm³/mol. The Bertz CT molecular complexity index is 2200. The highest BCUT2D eigenvalue weighted by Crippen LogP contribution is 2.41. The summed E-state index contributed by atoms with van der Waals surface area (Å²) in [7, 11) is 3.14. The van der Waals surface area contributed by atoms with Crippen molar-refractivity contribution >= 4 is 40.7 Å². The van der Waals surface area contributed by atoms with E-state index < -0.39 is 23.9 Å². The molecular formula is C40H45N5O9. The van der Waals surface area contributed by atoms with Crippen LogP contribution in [0.25, 0.3) is 22.3 Å². The van der Waals surface area contributed by atoms with Crippen LogP contribution in [0.5, 0.6) is 5.75 Å². The molecule has 2 N–H and O–H groups in total. The molecule has 3 amide bonds. The molecule has 0 radical (unpaired) electrons. The number of carbonyl (C=O) groups is 4. The molecule has 284 valence electrons. The van der Waals surface area contributed by atoms with E-state index in [1.165, 1.54) is 9.80 Å². The highest BCUT2D eigenvalue weighted by atomic mass is 16.6. The lowest BCUT2D eigenvalue weighted by molar-refractivity contribution is -0.140. The first kappa shape index (κ1) is 38.0. The summed E-state index contributed by atoms with van der Waals surface area (Å²) in [5.41, 5.74) is 3.92. The Labute approximate surface area is 312 Å². The standard InChI is InChI=1S/C40H45N5O9/c1-7-27-29-19-26(13-15-32(29)42-35-30(27)21-45-33(35)20-31-28(36(45)47)14-16-34(46)40(31,51)8-2)54-39(50)44(6)18-17-43(5)38(49)52-22-24-9-11-25(12-10-24)41-37(48)53-23(3)4/h9-13,15,19-20,23,51H,7-8,14,16-18,21-22H2,1-6H3,(H,41,48)/t40-/m0/s1. The Kier molecular flexibility index (Phi) is 10.8. The molecule has 0 bridgehead atoms. The fourth-order valence-electron chi connectivity index (χ4n) is 6.95.